The highest BCUT2D eigenvalue weighted by Gasteiger charge is 2.13. The molecule has 0 aliphatic carbocycles. The normalized spacial score (nSPS) is 12.5. The standard InChI is InChI=1S/C16H19BrClNS2/c1-2-8-19-12(10-16-13(17)7-9-20-16)11-21-15-6-4-3-5-14(15)18/h3-7,9,12,19H,2,8,10-11H2,1H3. The molecule has 0 radical (unpaired) electrons. The summed E-state index contributed by atoms with van der Waals surface area (Å²) in [5.74, 6) is 1.02. The van der Waals surface area contributed by atoms with E-state index in [1.807, 2.05) is 41.3 Å². The summed E-state index contributed by atoms with van der Waals surface area (Å²) < 4.78 is 1.22. The van der Waals surface area contributed by atoms with Gasteiger partial charge in [0.05, 0.1) is 5.02 Å². The Kier molecular flexibility index (Phi) is 7.61. The molecule has 0 aliphatic rings. The zero-order valence-electron chi connectivity index (χ0n) is 11.9. The van der Waals surface area contributed by atoms with Crippen molar-refractivity contribution in [3.8, 4) is 0 Å². The molecule has 0 aliphatic heterocycles. The van der Waals surface area contributed by atoms with Crippen LogP contribution in [0.15, 0.2) is 45.1 Å². The molecule has 0 saturated heterocycles. The Bertz CT molecular complexity index is 559. The van der Waals surface area contributed by atoms with E-state index in [0.717, 1.165) is 35.1 Å². The van der Waals surface area contributed by atoms with E-state index in [2.05, 4.69) is 45.7 Å². The average molecular weight is 405 g/mol. The topological polar surface area (TPSA) is 12.0 Å². The summed E-state index contributed by atoms with van der Waals surface area (Å²) >= 11 is 13.5. The monoisotopic (exact) mass is 403 g/mol. The fourth-order valence-corrected chi connectivity index (χ4v) is 4.88. The Morgan fingerprint density at radius 1 is 1.33 bits per heavy atom. The Balaban J connectivity index is 1.96. The van der Waals surface area contributed by atoms with Crippen molar-refractivity contribution in [1.29, 1.82) is 0 Å². The zero-order valence-corrected chi connectivity index (χ0v) is 15.9. The van der Waals surface area contributed by atoms with Gasteiger partial charge in [0.15, 0.2) is 0 Å². The summed E-state index contributed by atoms with van der Waals surface area (Å²) in [7, 11) is 0. The van der Waals surface area contributed by atoms with Crippen LogP contribution in [-0.4, -0.2) is 18.3 Å². The van der Waals surface area contributed by atoms with Crippen LogP contribution in [0.25, 0.3) is 0 Å². The molecule has 5 heteroatoms. The van der Waals surface area contributed by atoms with E-state index < -0.39 is 0 Å². The maximum absolute atomic E-state index is 6.23. The van der Waals surface area contributed by atoms with Crippen LogP contribution < -0.4 is 5.32 Å². The van der Waals surface area contributed by atoms with Crippen molar-refractivity contribution in [2.24, 2.45) is 0 Å². The van der Waals surface area contributed by atoms with Crippen molar-refractivity contribution < 1.29 is 0 Å². The fraction of sp³-hybridized carbons (Fsp3) is 0.375. The SMILES string of the molecule is CCCNC(CSc1ccccc1Cl)Cc1sccc1Br. The van der Waals surface area contributed by atoms with Crippen molar-refractivity contribution in [3.05, 3.63) is 50.1 Å². The second-order valence-corrected chi connectivity index (χ2v) is 8.11. The third-order valence-electron chi connectivity index (χ3n) is 3.08. The molecule has 1 aromatic heterocycles. The van der Waals surface area contributed by atoms with Crippen LogP contribution in [0.4, 0.5) is 0 Å². The Morgan fingerprint density at radius 2 is 2.14 bits per heavy atom. The number of hydrogen-bond acceptors (Lipinski definition) is 3. The lowest BCUT2D eigenvalue weighted by Crippen LogP contribution is -2.33. The molecule has 1 aromatic carbocycles. The number of halogens is 2. The molecule has 1 nitrogen and oxygen atoms in total. The van der Waals surface area contributed by atoms with E-state index in [-0.39, 0.29) is 0 Å². The van der Waals surface area contributed by atoms with Crippen LogP contribution in [0.1, 0.15) is 18.2 Å². The van der Waals surface area contributed by atoms with Gasteiger partial charge < -0.3 is 5.32 Å². The summed E-state index contributed by atoms with van der Waals surface area (Å²) in [5.41, 5.74) is 0. The highest BCUT2D eigenvalue weighted by atomic mass is 79.9. The second-order valence-electron chi connectivity index (χ2n) is 4.79. The number of thioether (sulfide) groups is 1. The smallest absolute Gasteiger partial charge is 0.0541 e. The van der Waals surface area contributed by atoms with Gasteiger partial charge in [0.2, 0.25) is 0 Å². The third kappa shape index (κ3) is 5.61. The van der Waals surface area contributed by atoms with Crippen LogP contribution in [0.3, 0.4) is 0 Å². The molecule has 0 bridgehead atoms. The highest BCUT2D eigenvalue weighted by Crippen LogP contribution is 2.29. The molecule has 0 saturated carbocycles. The maximum atomic E-state index is 6.23. The quantitative estimate of drug-likeness (QED) is 0.552. The first kappa shape index (κ1) is 17.4. The molecule has 1 unspecified atom stereocenters. The average Bonchev–Trinajstić information content (AvgIpc) is 2.88. The first-order valence-corrected chi connectivity index (χ1v) is 10.1. The van der Waals surface area contributed by atoms with Gasteiger partial charge in [-0.3, -0.25) is 0 Å². The summed E-state index contributed by atoms with van der Waals surface area (Å²) in [4.78, 5) is 2.57. The Hall–Kier alpha value is -0.000000000000000111. The molecular formula is C16H19BrClNS2. The van der Waals surface area contributed by atoms with Gasteiger partial charge in [0, 0.05) is 26.0 Å². The summed E-state index contributed by atoms with van der Waals surface area (Å²) in [6.45, 7) is 3.25. The lowest BCUT2D eigenvalue weighted by atomic mass is 10.2. The maximum Gasteiger partial charge on any atom is 0.0541 e. The minimum atomic E-state index is 0.459. The van der Waals surface area contributed by atoms with Gasteiger partial charge in [-0.05, 0) is 58.9 Å². The zero-order chi connectivity index (χ0) is 15.1. The number of rotatable bonds is 8. The molecule has 1 atom stereocenters. The molecule has 0 amide bonds. The summed E-state index contributed by atoms with van der Waals surface area (Å²) in [6.07, 6.45) is 2.20. The number of benzene rings is 1. The largest absolute Gasteiger partial charge is 0.313 e. The summed E-state index contributed by atoms with van der Waals surface area (Å²) in [5, 5.41) is 6.62. The first-order valence-electron chi connectivity index (χ1n) is 7.03. The molecule has 2 rings (SSSR count). The van der Waals surface area contributed by atoms with Gasteiger partial charge in [0.25, 0.3) is 0 Å². The van der Waals surface area contributed by atoms with Gasteiger partial charge >= 0.3 is 0 Å². The second kappa shape index (κ2) is 9.21. The van der Waals surface area contributed by atoms with Gasteiger partial charge in [0.1, 0.15) is 0 Å². The molecule has 0 spiro atoms. The van der Waals surface area contributed by atoms with Crippen LogP contribution in [0, 0.1) is 0 Å². The van der Waals surface area contributed by atoms with Gasteiger partial charge in [-0.1, -0.05) is 30.7 Å². The van der Waals surface area contributed by atoms with Crippen molar-refractivity contribution in [1.82, 2.24) is 5.32 Å². The van der Waals surface area contributed by atoms with Gasteiger partial charge in [-0.2, -0.15) is 0 Å². The van der Waals surface area contributed by atoms with Crippen LogP contribution in [0.5, 0.6) is 0 Å². The lowest BCUT2D eigenvalue weighted by molar-refractivity contribution is 0.552. The number of nitrogens with one attached hydrogen (secondary N) is 1. The molecule has 1 heterocycles. The van der Waals surface area contributed by atoms with E-state index in [1.165, 1.54) is 9.35 Å². The Morgan fingerprint density at radius 3 is 2.81 bits per heavy atom. The molecule has 114 valence electrons. The third-order valence-corrected chi connectivity index (χ3v) is 6.71. The van der Waals surface area contributed by atoms with Gasteiger partial charge in [-0.25, -0.2) is 0 Å². The molecule has 2 aromatic rings. The minimum absolute atomic E-state index is 0.459. The van der Waals surface area contributed by atoms with Gasteiger partial charge in [-0.15, -0.1) is 23.1 Å². The minimum Gasteiger partial charge on any atom is -0.313 e. The van der Waals surface area contributed by atoms with E-state index in [1.54, 1.807) is 0 Å². The number of hydrogen-bond donors (Lipinski definition) is 1. The van der Waals surface area contributed by atoms with Crippen molar-refractivity contribution in [2.75, 3.05) is 12.3 Å². The first-order chi connectivity index (χ1) is 10.2. The van der Waals surface area contributed by atoms with E-state index >= 15 is 0 Å². The van der Waals surface area contributed by atoms with Crippen molar-refractivity contribution >= 4 is 50.6 Å². The van der Waals surface area contributed by atoms with E-state index in [0.29, 0.717) is 6.04 Å². The molecule has 1 N–H and O–H groups in total. The molecule has 21 heavy (non-hydrogen) atoms. The highest BCUT2D eigenvalue weighted by molar-refractivity contribution is 9.10. The molecule has 0 fully saturated rings. The van der Waals surface area contributed by atoms with E-state index in [4.69, 9.17) is 11.6 Å². The van der Waals surface area contributed by atoms with E-state index in [9.17, 15) is 0 Å². The van der Waals surface area contributed by atoms with Crippen LogP contribution >= 0.6 is 50.6 Å². The van der Waals surface area contributed by atoms with Crippen molar-refractivity contribution in [2.45, 2.75) is 30.7 Å². The van der Waals surface area contributed by atoms with Crippen LogP contribution in [0.2, 0.25) is 5.02 Å². The van der Waals surface area contributed by atoms with Crippen LogP contribution in [-0.2, 0) is 6.42 Å². The fourth-order valence-electron chi connectivity index (χ4n) is 1.99. The summed E-state index contributed by atoms with van der Waals surface area (Å²) in [6, 6.07) is 10.6. The predicted octanol–water partition coefficient (Wildman–Crippen LogP) is 5.87. The molecular weight excluding hydrogens is 386 g/mol. The van der Waals surface area contributed by atoms with Crippen molar-refractivity contribution in [3.63, 3.8) is 0 Å². The lowest BCUT2D eigenvalue weighted by Gasteiger charge is -2.18. The number of thiophene rings is 1. The predicted molar refractivity (Wildman–Crippen MR) is 100.0 cm³/mol. The Labute approximate surface area is 148 Å².